The second kappa shape index (κ2) is 8.56. The molecule has 1 saturated heterocycles. The van der Waals surface area contributed by atoms with E-state index in [4.69, 9.17) is 5.73 Å². The highest BCUT2D eigenvalue weighted by Gasteiger charge is 2.46. The molecule has 2 aromatic rings. The van der Waals surface area contributed by atoms with Crippen molar-refractivity contribution in [2.75, 3.05) is 0 Å². The number of hydrogen-bond donors (Lipinski definition) is 1. The van der Waals surface area contributed by atoms with Gasteiger partial charge in [-0.15, -0.1) is 0 Å². The van der Waals surface area contributed by atoms with Gasteiger partial charge in [0.1, 0.15) is 16.9 Å². The van der Waals surface area contributed by atoms with Gasteiger partial charge in [-0.25, -0.2) is 17.2 Å². The molecule has 0 unspecified atom stereocenters. The summed E-state index contributed by atoms with van der Waals surface area (Å²) in [5.74, 6) is -1.66. The Kier molecular flexibility index (Phi) is 6.11. The molecule has 1 amide bonds. The number of carbonyl (C=O) groups is 1. The highest BCUT2D eigenvalue weighted by atomic mass is 32.2. The predicted molar refractivity (Wildman–Crippen MR) is 118 cm³/mol. The molecule has 1 heterocycles. The minimum atomic E-state index is -3.75. The van der Waals surface area contributed by atoms with Crippen molar-refractivity contribution in [1.29, 1.82) is 0 Å². The molecular formula is C24H28F2N2O3S. The van der Waals surface area contributed by atoms with Crippen molar-refractivity contribution in [3.63, 3.8) is 0 Å². The molecule has 1 saturated carbocycles. The van der Waals surface area contributed by atoms with Crippen LogP contribution < -0.4 is 5.73 Å². The van der Waals surface area contributed by atoms with E-state index < -0.39 is 38.2 Å². The zero-order valence-electron chi connectivity index (χ0n) is 18.1. The summed E-state index contributed by atoms with van der Waals surface area (Å²) in [5.41, 5.74) is 5.64. The maximum absolute atomic E-state index is 15.1. The standard InChI is InChI=1S/C24H28F2N2O3S/c1-16-7-8-22(17-5-3-2-4-6-17)32(30,31)28(16)15-18-13-21(26)19(14-20(18)25)24(11-12-24)10-9-23(27)29/h2-6,13-14,16,22H,7-12,15H2,1H3,(H2,27,29)/t16-,22+/m0/s1. The Labute approximate surface area is 187 Å². The van der Waals surface area contributed by atoms with Crippen LogP contribution in [-0.4, -0.2) is 24.7 Å². The molecule has 2 N–H and O–H groups in total. The van der Waals surface area contributed by atoms with Crippen molar-refractivity contribution in [3.05, 3.63) is 70.8 Å². The molecule has 8 heteroatoms. The minimum Gasteiger partial charge on any atom is -0.370 e. The topological polar surface area (TPSA) is 80.5 Å². The largest absolute Gasteiger partial charge is 0.370 e. The Morgan fingerprint density at radius 2 is 1.81 bits per heavy atom. The molecule has 0 spiro atoms. The van der Waals surface area contributed by atoms with Crippen LogP contribution >= 0.6 is 0 Å². The molecule has 2 fully saturated rings. The first-order chi connectivity index (χ1) is 15.1. The second-order valence-corrected chi connectivity index (χ2v) is 11.2. The van der Waals surface area contributed by atoms with Crippen LogP contribution in [0.1, 0.15) is 67.4 Å². The minimum absolute atomic E-state index is 0.0149. The first-order valence-electron chi connectivity index (χ1n) is 11.0. The van der Waals surface area contributed by atoms with E-state index in [1.807, 2.05) is 6.07 Å². The smallest absolute Gasteiger partial charge is 0.221 e. The third kappa shape index (κ3) is 4.30. The number of nitrogens with zero attached hydrogens (tertiary/aromatic N) is 1. The maximum Gasteiger partial charge on any atom is 0.221 e. The van der Waals surface area contributed by atoms with Crippen molar-refractivity contribution in [2.24, 2.45) is 5.73 Å². The Bertz CT molecular complexity index is 1120. The van der Waals surface area contributed by atoms with Gasteiger partial charge in [0.2, 0.25) is 15.9 Å². The van der Waals surface area contributed by atoms with Gasteiger partial charge in [-0.2, -0.15) is 4.31 Å². The van der Waals surface area contributed by atoms with Gasteiger partial charge in [0.05, 0.1) is 0 Å². The average molecular weight is 463 g/mol. The lowest BCUT2D eigenvalue weighted by Crippen LogP contribution is -2.44. The van der Waals surface area contributed by atoms with Crippen LogP contribution in [0.2, 0.25) is 0 Å². The number of rotatable bonds is 7. The van der Waals surface area contributed by atoms with E-state index in [9.17, 15) is 13.2 Å². The first-order valence-corrected chi connectivity index (χ1v) is 12.5. The SMILES string of the molecule is C[C@H]1CC[C@H](c2ccccc2)S(=O)(=O)N1Cc1cc(F)c(C2(CCC(N)=O)CC2)cc1F. The number of carbonyl (C=O) groups excluding carboxylic acids is 1. The maximum atomic E-state index is 15.1. The third-order valence-corrected chi connectivity index (χ3v) is 9.30. The van der Waals surface area contributed by atoms with Gasteiger partial charge in [-0.05, 0) is 67.7 Å². The molecule has 5 nitrogen and oxygen atoms in total. The van der Waals surface area contributed by atoms with Crippen LogP contribution in [0.15, 0.2) is 42.5 Å². The molecule has 2 atom stereocenters. The lowest BCUT2D eigenvalue weighted by Gasteiger charge is -2.37. The number of amides is 1. The van der Waals surface area contributed by atoms with Crippen molar-refractivity contribution >= 4 is 15.9 Å². The van der Waals surface area contributed by atoms with Crippen LogP contribution in [0.25, 0.3) is 0 Å². The molecular weight excluding hydrogens is 434 g/mol. The number of nitrogens with two attached hydrogens (primary N) is 1. The quantitative estimate of drug-likeness (QED) is 0.666. The van der Waals surface area contributed by atoms with Gasteiger partial charge in [-0.3, -0.25) is 4.79 Å². The highest BCUT2D eigenvalue weighted by molar-refractivity contribution is 7.89. The Hall–Kier alpha value is -2.32. The summed E-state index contributed by atoms with van der Waals surface area (Å²) < 4.78 is 58.1. The summed E-state index contributed by atoms with van der Waals surface area (Å²) in [6, 6.07) is 11.0. The van der Waals surface area contributed by atoms with Crippen LogP contribution in [-0.2, 0) is 26.8 Å². The van der Waals surface area contributed by atoms with Crippen LogP contribution in [0, 0.1) is 11.6 Å². The zero-order chi connectivity index (χ0) is 23.1. The van der Waals surface area contributed by atoms with E-state index in [2.05, 4.69) is 0 Å². The van der Waals surface area contributed by atoms with E-state index in [1.54, 1.807) is 31.2 Å². The fourth-order valence-corrected chi connectivity index (χ4v) is 6.99. The molecule has 0 bridgehead atoms. The van der Waals surface area contributed by atoms with E-state index >= 15 is 8.78 Å². The predicted octanol–water partition coefficient (Wildman–Crippen LogP) is 4.32. The van der Waals surface area contributed by atoms with Crippen LogP contribution in [0.3, 0.4) is 0 Å². The Balaban J connectivity index is 1.60. The summed E-state index contributed by atoms with van der Waals surface area (Å²) in [6.07, 6.45) is 2.97. The van der Waals surface area contributed by atoms with Gasteiger partial charge in [0.15, 0.2) is 0 Å². The second-order valence-electron chi connectivity index (χ2n) is 9.09. The number of primary amides is 1. The molecule has 172 valence electrons. The van der Waals surface area contributed by atoms with Gasteiger partial charge in [-0.1, -0.05) is 30.3 Å². The van der Waals surface area contributed by atoms with E-state index in [1.165, 1.54) is 10.4 Å². The zero-order valence-corrected chi connectivity index (χ0v) is 18.9. The molecule has 0 radical (unpaired) electrons. The Morgan fingerprint density at radius 3 is 2.44 bits per heavy atom. The van der Waals surface area contributed by atoms with Crippen LogP contribution in [0.5, 0.6) is 0 Å². The summed E-state index contributed by atoms with van der Waals surface area (Å²) in [7, 11) is -3.75. The molecule has 32 heavy (non-hydrogen) atoms. The van der Waals surface area contributed by atoms with Gasteiger partial charge in [0, 0.05) is 24.6 Å². The average Bonchev–Trinajstić information content (AvgIpc) is 3.53. The van der Waals surface area contributed by atoms with Crippen molar-refractivity contribution in [1.82, 2.24) is 4.31 Å². The van der Waals surface area contributed by atoms with Crippen molar-refractivity contribution < 1.29 is 22.0 Å². The van der Waals surface area contributed by atoms with Gasteiger partial charge in [0.25, 0.3) is 0 Å². The van der Waals surface area contributed by atoms with Gasteiger partial charge >= 0.3 is 0 Å². The molecule has 2 aliphatic rings. The van der Waals surface area contributed by atoms with Crippen molar-refractivity contribution in [3.8, 4) is 0 Å². The fourth-order valence-electron chi connectivity index (χ4n) is 4.80. The van der Waals surface area contributed by atoms with E-state index in [0.717, 1.165) is 6.07 Å². The third-order valence-electron chi connectivity index (χ3n) is 6.93. The van der Waals surface area contributed by atoms with Crippen molar-refractivity contribution in [2.45, 2.75) is 68.7 Å². The summed E-state index contributed by atoms with van der Waals surface area (Å²) in [4.78, 5) is 11.1. The summed E-state index contributed by atoms with van der Waals surface area (Å²) >= 11 is 0. The highest BCUT2D eigenvalue weighted by Crippen LogP contribution is 2.53. The molecule has 2 aromatic carbocycles. The number of benzene rings is 2. The summed E-state index contributed by atoms with van der Waals surface area (Å²) in [6.45, 7) is 1.58. The normalized spacial score (nSPS) is 24.2. The lowest BCUT2D eigenvalue weighted by molar-refractivity contribution is -0.118. The summed E-state index contributed by atoms with van der Waals surface area (Å²) in [5, 5.41) is -0.699. The van der Waals surface area contributed by atoms with E-state index in [-0.39, 0.29) is 30.1 Å². The lowest BCUT2D eigenvalue weighted by atomic mass is 9.89. The molecule has 0 aromatic heterocycles. The molecule has 1 aliphatic heterocycles. The first kappa shape index (κ1) is 22.9. The number of hydrogen-bond acceptors (Lipinski definition) is 3. The fraction of sp³-hybridized carbons (Fsp3) is 0.458. The number of halogens is 2. The Morgan fingerprint density at radius 1 is 1.12 bits per heavy atom. The van der Waals surface area contributed by atoms with Crippen LogP contribution in [0.4, 0.5) is 8.78 Å². The monoisotopic (exact) mass is 462 g/mol. The molecule has 4 rings (SSSR count). The van der Waals surface area contributed by atoms with Gasteiger partial charge < -0.3 is 5.73 Å². The van der Waals surface area contributed by atoms with E-state index in [0.29, 0.717) is 37.7 Å². The number of sulfonamides is 1. The molecule has 1 aliphatic carbocycles.